The van der Waals surface area contributed by atoms with Crippen LogP contribution in [0.1, 0.15) is 18.6 Å². The number of aromatic amines is 1. The molecular formula is C11H17N5. The highest BCUT2D eigenvalue weighted by atomic mass is 15.1. The molecule has 0 saturated heterocycles. The molecule has 0 aliphatic rings. The van der Waals surface area contributed by atoms with E-state index in [-0.39, 0.29) is 0 Å². The number of aryl methyl sites for hydroxylation is 1. The van der Waals surface area contributed by atoms with Crippen molar-refractivity contribution in [3.05, 3.63) is 36.4 Å². The molecule has 5 heteroatoms. The molecule has 0 radical (unpaired) electrons. The lowest BCUT2D eigenvalue weighted by Gasteiger charge is -2.05. The first-order valence-corrected chi connectivity index (χ1v) is 5.59. The minimum absolute atomic E-state index is 0.807. The van der Waals surface area contributed by atoms with Gasteiger partial charge in [0.25, 0.3) is 0 Å². The van der Waals surface area contributed by atoms with Crippen LogP contribution in [-0.2, 0) is 19.5 Å². The van der Waals surface area contributed by atoms with Gasteiger partial charge in [0.1, 0.15) is 11.6 Å². The van der Waals surface area contributed by atoms with E-state index in [9.17, 15) is 0 Å². The fourth-order valence-electron chi connectivity index (χ4n) is 1.64. The van der Waals surface area contributed by atoms with Crippen molar-refractivity contribution in [2.24, 2.45) is 0 Å². The molecule has 0 atom stereocenters. The maximum absolute atomic E-state index is 4.30. The molecule has 2 N–H and O–H groups in total. The fraction of sp³-hybridized carbons (Fsp3) is 0.455. The van der Waals surface area contributed by atoms with E-state index in [2.05, 4.69) is 31.8 Å². The predicted octanol–water partition coefficient (Wildman–Crippen LogP) is 0.958. The second kappa shape index (κ2) is 5.46. The standard InChI is InChI=1S/C11H17N5/c1-2-16-8-7-15-11(16)9-12-4-3-10-13-5-6-14-10/h5-8,12H,2-4,9H2,1H3,(H,13,14). The van der Waals surface area contributed by atoms with E-state index in [1.807, 2.05) is 18.6 Å². The van der Waals surface area contributed by atoms with Gasteiger partial charge in [0.05, 0.1) is 6.54 Å². The van der Waals surface area contributed by atoms with Crippen LogP contribution in [0.2, 0.25) is 0 Å². The number of H-pyrrole nitrogens is 1. The number of hydrogen-bond donors (Lipinski definition) is 2. The molecule has 2 heterocycles. The Labute approximate surface area is 94.9 Å². The first kappa shape index (κ1) is 10.9. The van der Waals surface area contributed by atoms with E-state index in [1.54, 1.807) is 6.20 Å². The molecule has 0 aliphatic heterocycles. The second-order valence-electron chi connectivity index (χ2n) is 3.59. The molecule has 2 aromatic rings. The number of imidazole rings is 2. The van der Waals surface area contributed by atoms with Crippen LogP contribution in [0.5, 0.6) is 0 Å². The van der Waals surface area contributed by atoms with Crippen molar-refractivity contribution >= 4 is 0 Å². The molecule has 2 aromatic heterocycles. The largest absolute Gasteiger partial charge is 0.349 e. The molecule has 16 heavy (non-hydrogen) atoms. The average Bonchev–Trinajstić information content (AvgIpc) is 2.95. The number of nitrogens with one attached hydrogen (secondary N) is 2. The topological polar surface area (TPSA) is 58.5 Å². The van der Waals surface area contributed by atoms with Crippen LogP contribution in [0.4, 0.5) is 0 Å². The van der Waals surface area contributed by atoms with E-state index < -0.39 is 0 Å². The summed E-state index contributed by atoms with van der Waals surface area (Å²) in [6.07, 6.45) is 8.38. The summed E-state index contributed by atoms with van der Waals surface area (Å²) in [5.41, 5.74) is 0. The van der Waals surface area contributed by atoms with Gasteiger partial charge in [-0.3, -0.25) is 0 Å². The molecule has 0 spiro atoms. The van der Waals surface area contributed by atoms with Crippen LogP contribution in [-0.4, -0.2) is 26.1 Å². The van der Waals surface area contributed by atoms with Crippen molar-refractivity contribution in [2.45, 2.75) is 26.4 Å². The molecule has 0 bridgehead atoms. The lowest BCUT2D eigenvalue weighted by atomic mass is 10.4. The summed E-state index contributed by atoms with van der Waals surface area (Å²) in [6.45, 7) is 4.80. The number of nitrogens with zero attached hydrogens (tertiary/aromatic N) is 3. The third-order valence-corrected chi connectivity index (χ3v) is 2.52. The van der Waals surface area contributed by atoms with E-state index in [0.29, 0.717) is 0 Å². The van der Waals surface area contributed by atoms with Gasteiger partial charge in [0, 0.05) is 44.3 Å². The number of rotatable bonds is 6. The average molecular weight is 219 g/mol. The van der Waals surface area contributed by atoms with Crippen LogP contribution in [0.15, 0.2) is 24.8 Å². The van der Waals surface area contributed by atoms with Gasteiger partial charge in [-0.05, 0) is 6.92 Å². The number of hydrogen-bond acceptors (Lipinski definition) is 3. The van der Waals surface area contributed by atoms with E-state index in [4.69, 9.17) is 0 Å². The molecule has 0 fully saturated rings. The summed E-state index contributed by atoms with van der Waals surface area (Å²) >= 11 is 0. The monoisotopic (exact) mass is 219 g/mol. The Balaban J connectivity index is 1.72. The Morgan fingerprint density at radius 2 is 2.31 bits per heavy atom. The van der Waals surface area contributed by atoms with Gasteiger partial charge >= 0.3 is 0 Å². The smallest absolute Gasteiger partial charge is 0.122 e. The first-order chi connectivity index (χ1) is 7.90. The van der Waals surface area contributed by atoms with Crippen molar-refractivity contribution in [1.29, 1.82) is 0 Å². The molecule has 0 aliphatic carbocycles. The van der Waals surface area contributed by atoms with Crippen molar-refractivity contribution in [1.82, 2.24) is 24.8 Å². The van der Waals surface area contributed by atoms with Gasteiger partial charge in [-0.2, -0.15) is 0 Å². The Morgan fingerprint density at radius 1 is 1.38 bits per heavy atom. The van der Waals surface area contributed by atoms with Crippen molar-refractivity contribution in [3.8, 4) is 0 Å². The minimum Gasteiger partial charge on any atom is -0.349 e. The normalized spacial score (nSPS) is 10.8. The van der Waals surface area contributed by atoms with E-state index in [1.165, 1.54) is 0 Å². The van der Waals surface area contributed by atoms with E-state index in [0.717, 1.165) is 37.7 Å². The summed E-state index contributed by atoms with van der Waals surface area (Å²) < 4.78 is 2.14. The van der Waals surface area contributed by atoms with Gasteiger partial charge in [0.15, 0.2) is 0 Å². The maximum atomic E-state index is 4.30. The molecule has 0 aromatic carbocycles. The zero-order valence-corrected chi connectivity index (χ0v) is 9.48. The highest BCUT2D eigenvalue weighted by Gasteiger charge is 2.00. The second-order valence-corrected chi connectivity index (χ2v) is 3.59. The van der Waals surface area contributed by atoms with Crippen LogP contribution < -0.4 is 5.32 Å². The Bertz CT molecular complexity index is 404. The van der Waals surface area contributed by atoms with Crippen LogP contribution in [0.25, 0.3) is 0 Å². The SMILES string of the molecule is CCn1ccnc1CNCCc1ncc[nH]1. The Hall–Kier alpha value is -1.62. The predicted molar refractivity (Wildman–Crippen MR) is 61.9 cm³/mol. The fourth-order valence-corrected chi connectivity index (χ4v) is 1.64. The summed E-state index contributed by atoms with van der Waals surface area (Å²) in [4.78, 5) is 11.5. The van der Waals surface area contributed by atoms with Gasteiger partial charge < -0.3 is 14.9 Å². The molecule has 86 valence electrons. The minimum atomic E-state index is 0.807. The molecule has 5 nitrogen and oxygen atoms in total. The lowest BCUT2D eigenvalue weighted by molar-refractivity contribution is 0.608. The van der Waals surface area contributed by atoms with Gasteiger partial charge in [-0.15, -0.1) is 0 Å². The third kappa shape index (κ3) is 2.70. The molecule has 2 rings (SSSR count). The van der Waals surface area contributed by atoms with E-state index >= 15 is 0 Å². The first-order valence-electron chi connectivity index (χ1n) is 5.59. The van der Waals surface area contributed by atoms with Gasteiger partial charge in [-0.25, -0.2) is 9.97 Å². The number of aromatic nitrogens is 4. The molecule has 0 saturated carbocycles. The van der Waals surface area contributed by atoms with Crippen molar-refractivity contribution in [2.75, 3.05) is 6.54 Å². The summed E-state index contributed by atoms with van der Waals surface area (Å²) in [5, 5.41) is 3.36. The molecule has 0 amide bonds. The highest BCUT2D eigenvalue weighted by Crippen LogP contribution is 1.96. The summed E-state index contributed by atoms with van der Waals surface area (Å²) in [7, 11) is 0. The highest BCUT2D eigenvalue weighted by molar-refractivity contribution is 4.92. The Kier molecular flexibility index (Phi) is 3.71. The summed E-state index contributed by atoms with van der Waals surface area (Å²) in [5.74, 6) is 2.10. The van der Waals surface area contributed by atoms with Crippen molar-refractivity contribution < 1.29 is 0 Å². The van der Waals surface area contributed by atoms with Crippen LogP contribution in [0, 0.1) is 0 Å². The third-order valence-electron chi connectivity index (χ3n) is 2.52. The Morgan fingerprint density at radius 3 is 3.06 bits per heavy atom. The molecular weight excluding hydrogens is 202 g/mol. The maximum Gasteiger partial charge on any atom is 0.122 e. The quantitative estimate of drug-likeness (QED) is 0.711. The summed E-state index contributed by atoms with van der Waals surface area (Å²) in [6, 6.07) is 0. The van der Waals surface area contributed by atoms with Crippen LogP contribution >= 0.6 is 0 Å². The lowest BCUT2D eigenvalue weighted by Crippen LogP contribution is -2.19. The van der Waals surface area contributed by atoms with Crippen molar-refractivity contribution in [3.63, 3.8) is 0 Å². The van der Waals surface area contributed by atoms with Gasteiger partial charge in [-0.1, -0.05) is 0 Å². The van der Waals surface area contributed by atoms with Crippen LogP contribution in [0.3, 0.4) is 0 Å². The molecule has 0 unspecified atom stereocenters. The zero-order chi connectivity index (χ0) is 11.2. The van der Waals surface area contributed by atoms with Gasteiger partial charge in [0.2, 0.25) is 0 Å². The zero-order valence-electron chi connectivity index (χ0n) is 9.48.